The van der Waals surface area contributed by atoms with Gasteiger partial charge >= 0.3 is 0 Å². The first-order valence-corrected chi connectivity index (χ1v) is 8.39. The van der Waals surface area contributed by atoms with Crippen LogP contribution in [0.3, 0.4) is 0 Å². The first-order valence-electron chi connectivity index (χ1n) is 8.39. The van der Waals surface area contributed by atoms with E-state index in [4.69, 9.17) is 4.42 Å². The van der Waals surface area contributed by atoms with Crippen molar-refractivity contribution in [3.05, 3.63) is 47.7 Å². The van der Waals surface area contributed by atoms with Crippen molar-refractivity contribution in [3.8, 4) is 11.3 Å². The molecule has 23 heavy (non-hydrogen) atoms. The monoisotopic (exact) mass is 310 g/mol. The number of aryl methyl sites for hydroxylation is 1. The molecule has 3 aliphatic rings. The molecule has 1 amide bonds. The molecule has 3 fully saturated rings. The van der Waals surface area contributed by atoms with Gasteiger partial charge in [0, 0.05) is 18.2 Å². The molecule has 4 heteroatoms. The van der Waals surface area contributed by atoms with Crippen LogP contribution < -0.4 is 5.32 Å². The highest BCUT2D eigenvalue weighted by Gasteiger charge is 2.35. The highest BCUT2D eigenvalue weighted by Crippen LogP contribution is 2.28. The molecular weight excluding hydrogens is 288 g/mol. The highest BCUT2D eigenvalue weighted by atomic mass is 16.3. The lowest BCUT2D eigenvalue weighted by atomic mass is 9.84. The van der Waals surface area contributed by atoms with Crippen molar-refractivity contribution >= 4 is 5.91 Å². The second-order valence-corrected chi connectivity index (χ2v) is 6.75. The van der Waals surface area contributed by atoms with Crippen LogP contribution >= 0.6 is 0 Å². The van der Waals surface area contributed by atoms with Crippen LogP contribution in [0.1, 0.15) is 29.0 Å². The zero-order valence-corrected chi connectivity index (χ0v) is 13.4. The maximum absolute atomic E-state index is 12.5. The lowest BCUT2D eigenvalue weighted by molar-refractivity contribution is 0.0606. The number of nitrogens with zero attached hydrogens (tertiary/aromatic N) is 1. The predicted octanol–water partition coefficient (Wildman–Crippen LogP) is 3.08. The van der Waals surface area contributed by atoms with E-state index in [1.165, 1.54) is 31.5 Å². The van der Waals surface area contributed by atoms with Crippen molar-refractivity contribution < 1.29 is 9.21 Å². The molecule has 0 saturated carbocycles. The Morgan fingerprint density at radius 3 is 2.52 bits per heavy atom. The lowest BCUT2D eigenvalue weighted by Crippen LogP contribution is -2.57. The second-order valence-electron chi connectivity index (χ2n) is 6.75. The molecule has 1 N–H and O–H groups in total. The molecule has 0 aliphatic carbocycles. The largest absolute Gasteiger partial charge is 0.451 e. The first kappa shape index (κ1) is 14.5. The van der Waals surface area contributed by atoms with Crippen LogP contribution in [0, 0.1) is 12.8 Å². The van der Waals surface area contributed by atoms with Crippen LogP contribution in [0.25, 0.3) is 11.3 Å². The SMILES string of the molecule is Cc1ccc(-c2ccc(C(=O)N[C@H]3CN4CCC3CC4)o2)cc1. The lowest BCUT2D eigenvalue weighted by Gasteiger charge is -2.44. The summed E-state index contributed by atoms with van der Waals surface area (Å²) in [6.07, 6.45) is 2.38. The third-order valence-corrected chi connectivity index (χ3v) is 5.14. The van der Waals surface area contributed by atoms with Gasteiger partial charge in [-0.2, -0.15) is 0 Å². The minimum atomic E-state index is -0.0953. The number of nitrogens with one attached hydrogen (secondary N) is 1. The van der Waals surface area contributed by atoms with Gasteiger partial charge in [-0.1, -0.05) is 29.8 Å². The van der Waals surface area contributed by atoms with E-state index in [0.29, 0.717) is 11.7 Å². The summed E-state index contributed by atoms with van der Waals surface area (Å²) in [7, 11) is 0. The van der Waals surface area contributed by atoms with Crippen LogP contribution in [0.2, 0.25) is 0 Å². The van der Waals surface area contributed by atoms with Crippen LogP contribution in [-0.2, 0) is 0 Å². The van der Waals surface area contributed by atoms with Crippen LogP contribution in [-0.4, -0.2) is 36.5 Å². The molecule has 3 aliphatic heterocycles. The molecular formula is C19H22N2O2. The minimum Gasteiger partial charge on any atom is -0.451 e. The third-order valence-electron chi connectivity index (χ3n) is 5.14. The average molecular weight is 310 g/mol. The Labute approximate surface area is 136 Å². The molecule has 1 atom stereocenters. The number of hydrogen-bond donors (Lipinski definition) is 1. The minimum absolute atomic E-state index is 0.0953. The molecule has 4 nitrogen and oxygen atoms in total. The van der Waals surface area contributed by atoms with Gasteiger partial charge in [0.25, 0.3) is 5.91 Å². The van der Waals surface area contributed by atoms with Crippen molar-refractivity contribution in [2.24, 2.45) is 5.92 Å². The highest BCUT2D eigenvalue weighted by molar-refractivity contribution is 5.92. The fourth-order valence-electron chi connectivity index (χ4n) is 3.70. The molecule has 5 rings (SSSR count). The second kappa shape index (κ2) is 5.85. The van der Waals surface area contributed by atoms with Gasteiger partial charge in [-0.05, 0) is 50.9 Å². The smallest absolute Gasteiger partial charge is 0.287 e. The van der Waals surface area contributed by atoms with E-state index in [2.05, 4.69) is 17.1 Å². The van der Waals surface area contributed by atoms with E-state index in [9.17, 15) is 4.79 Å². The molecule has 1 aromatic carbocycles. The number of amides is 1. The Morgan fingerprint density at radius 1 is 1.13 bits per heavy atom. The van der Waals surface area contributed by atoms with E-state index in [-0.39, 0.29) is 11.9 Å². The number of carbonyl (C=O) groups is 1. The summed E-state index contributed by atoms with van der Waals surface area (Å²) in [6, 6.07) is 12.0. The van der Waals surface area contributed by atoms with E-state index in [0.717, 1.165) is 17.9 Å². The summed E-state index contributed by atoms with van der Waals surface area (Å²) in [5.41, 5.74) is 2.21. The summed E-state index contributed by atoms with van der Waals surface area (Å²) in [6.45, 7) is 5.38. The van der Waals surface area contributed by atoms with Crippen molar-refractivity contribution in [1.29, 1.82) is 0 Å². The van der Waals surface area contributed by atoms with Crippen molar-refractivity contribution in [1.82, 2.24) is 10.2 Å². The molecule has 1 aromatic heterocycles. The van der Waals surface area contributed by atoms with Gasteiger partial charge in [0.05, 0.1) is 0 Å². The summed E-state index contributed by atoms with van der Waals surface area (Å²) >= 11 is 0. The number of fused-ring (bicyclic) bond motifs is 3. The molecule has 120 valence electrons. The topological polar surface area (TPSA) is 45.5 Å². The summed E-state index contributed by atoms with van der Waals surface area (Å²) in [4.78, 5) is 14.9. The zero-order valence-electron chi connectivity index (χ0n) is 13.4. The molecule has 0 radical (unpaired) electrons. The van der Waals surface area contributed by atoms with E-state index >= 15 is 0 Å². The summed E-state index contributed by atoms with van der Waals surface area (Å²) < 4.78 is 5.77. The third kappa shape index (κ3) is 2.91. The van der Waals surface area contributed by atoms with E-state index in [1.54, 1.807) is 6.07 Å². The number of benzene rings is 1. The average Bonchev–Trinajstić information content (AvgIpc) is 3.07. The Hall–Kier alpha value is -2.07. The molecule has 2 bridgehead atoms. The van der Waals surface area contributed by atoms with Gasteiger partial charge in [-0.3, -0.25) is 4.79 Å². The maximum Gasteiger partial charge on any atom is 0.287 e. The number of hydrogen-bond acceptors (Lipinski definition) is 3. The number of furan rings is 1. The number of carbonyl (C=O) groups excluding carboxylic acids is 1. The Balaban J connectivity index is 1.46. The Bertz CT molecular complexity index is 696. The normalized spacial score (nSPS) is 26.2. The van der Waals surface area contributed by atoms with Gasteiger partial charge in [0.15, 0.2) is 5.76 Å². The first-order chi connectivity index (χ1) is 11.2. The standard InChI is InChI=1S/C19H22N2O2/c1-13-2-4-15(5-3-13)17-6-7-18(23-17)19(22)20-16-12-21-10-8-14(16)9-11-21/h2-7,14,16H,8-12H2,1H3,(H,20,22)/t16-/m0/s1. The molecule has 0 spiro atoms. The van der Waals surface area contributed by atoms with E-state index in [1.807, 2.05) is 30.3 Å². The van der Waals surface area contributed by atoms with Gasteiger partial charge in [-0.15, -0.1) is 0 Å². The van der Waals surface area contributed by atoms with Crippen molar-refractivity contribution in [2.75, 3.05) is 19.6 Å². The van der Waals surface area contributed by atoms with Gasteiger partial charge in [0.2, 0.25) is 0 Å². The maximum atomic E-state index is 12.5. The molecule has 3 saturated heterocycles. The Kier molecular flexibility index (Phi) is 3.69. The van der Waals surface area contributed by atoms with Crippen molar-refractivity contribution in [2.45, 2.75) is 25.8 Å². The quantitative estimate of drug-likeness (QED) is 0.947. The molecule has 2 aromatic rings. The fraction of sp³-hybridized carbons (Fsp3) is 0.421. The van der Waals surface area contributed by atoms with Gasteiger partial charge in [0.1, 0.15) is 5.76 Å². The molecule has 0 unspecified atom stereocenters. The molecule has 4 heterocycles. The van der Waals surface area contributed by atoms with Gasteiger partial charge in [-0.25, -0.2) is 0 Å². The fourth-order valence-corrected chi connectivity index (χ4v) is 3.70. The summed E-state index contributed by atoms with van der Waals surface area (Å²) in [5.74, 6) is 1.67. The number of piperidine rings is 3. The van der Waals surface area contributed by atoms with Crippen LogP contribution in [0.4, 0.5) is 0 Å². The van der Waals surface area contributed by atoms with Crippen LogP contribution in [0.5, 0.6) is 0 Å². The van der Waals surface area contributed by atoms with Crippen LogP contribution in [0.15, 0.2) is 40.8 Å². The van der Waals surface area contributed by atoms with Gasteiger partial charge < -0.3 is 14.6 Å². The van der Waals surface area contributed by atoms with E-state index < -0.39 is 0 Å². The number of rotatable bonds is 3. The predicted molar refractivity (Wildman–Crippen MR) is 89.3 cm³/mol. The van der Waals surface area contributed by atoms with Crippen molar-refractivity contribution in [3.63, 3.8) is 0 Å². The zero-order chi connectivity index (χ0) is 15.8. The Morgan fingerprint density at radius 2 is 1.87 bits per heavy atom. The summed E-state index contributed by atoms with van der Waals surface area (Å²) in [5, 5.41) is 3.17.